The standard InChI is InChI=1S/C22H27N3O4/c1-22(2,3)16-7-5-15(6-8-16)12-25(4)13-20(26)24-21(27)23-17-9-10-18-19(11-17)29-14-28-18/h5-11H,12-14H2,1-4H3,(H2,23,24,26,27). The highest BCUT2D eigenvalue weighted by atomic mass is 16.7. The lowest BCUT2D eigenvalue weighted by atomic mass is 9.87. The third-order valence-corrected chi connectivity index (χ3v) is 4.57. The van der Waals surface area contributed by atoms with Crippen molar-refractivity contribution in [3.8, 4) is 11.5 Å². The quantitative estimate of drug-likeness (QED) is 0.807. The molecule has 0 saturated heterocycles. The Morgan fingerprint density at radius 1 is 1.03 bits per heavy atom. The summed E-state index contributed by atoms with van der Waals surface area (Å²) in [4.78, 5) is 26.1. The van der Waals surface area contributed by atoms with Gasteiger partial charge in [-0.25, -0.2) is 4.79 Å². The van der Waals surface area contributed by atoms with Gasteiger partial charge in [-0.15, -0.1) is 0 Å². The summed E-state index contributed by atoms with van der Waals surface area (Å²) >= 11 is 0. The van der Waals surface area contributed by atoms with Gasteiger partial charge in [0.15, 0.2) is 11.5 Å². The van der Waals surface area contributed by atoms with Crippen LogP contribution < -0.4 is 20.1 Å². The molecule has 29 heavy (non-hydrogen) atoms. The first-order valence-electron chi connectivity index (χ1n) is 9.49. The number of rotatable bonds is 5. The van der Waals surface area contributed by atoms with Gasteiger partial charge in [0.2, 0.25) is 12.7 Å². The van der Waals surface area contributed by atoms with Gasteiger partial charge in [0.1, 0.15) is 0 Å². The number of nitrogens with zero attached hydrogens (tertiary/aromatic N) is 1. The maximum atomic E-state index is 12.2. The number of carbonyl (C=O) groups is 2. The fourth-order valence-corrected chi connectivity index (χ4v) is 3.03. The minimum absolute atomic E-state index is 0.107. The molecule has 0 spiro atoms. The molecule has 0 fully saturated rings. The van der Waals surface area contributed by atoms with Crippen molar-refractivity contribution in [2.45, 2.75) is 32.7 Å². The summed E-state index contributed by atoms with van der Waals surface area (Å²) in [5, 5.41) is 4.96. The van der Waals surface area contributed by atoms with Crippen molar-refractivity contribution in [3.63, 3.8) is 0 Å². The van der Waals surface area contributed by atoms with Crippen LogP contribution in [0.5, 0.6) is 11.5 Å². The van der Waals surface area contributed by atoms with E-state index in [1.54, 1.807) is 18.2 Å². The third-order valence-electron chi connectivity index (χ3n) is 4.57. The highest BCUT2D eigenvalue weighted by Gasteiger charge is 2.16. The summed E-state index contributed by atoms with van der Waals surface area (Å²) in [5.74, 6) is 0.813. The highest BCUT2D eigenvalue weighted by Crippen LogP contribution is 2.34. The average Bonchev–Trinajstić information content (AvgIpc) is 3.08. The van der Waals surface area contributed by atoms with Crippen LogP contribution in [0, 0.1) is 0 Å². The molecule has 3 amide bonds. The van der Waals surface area contributed by atoms with Gasteiger partial charge in [0.25, 0.3) is 0 Å². The molecule has 0 saturated carbocycles. The monoisotopic (exact) mass is 397 g/mol. The lowest BCUT2D eigenvalue weighted by molar-refractivity contribution is -0.120. The molecular weight excluding hydrogens is 370 g/mol. The number of ether oxygens (including phenoxy) is 2. The number of amides is 3. The molecule has 154 valence electrons. The van der Waals surface area contributed by atoms with Crippen LogP contribution in [0.2, 0.25) is 0 Å². The molecule has 2 N–H and O–H groups in total. The van der Waals surface area contributed by atoms with E-state index in [0.717, 1.165) is 5.56 Å². The van der Waals surface area contributed by atoms with Crippen molar-refractivity contribution in [1.82, 2.24) is 10.2 Å². The van der Waals surface area contributed by atoms with Crippen molar-refractivity contribution in [2.75, 3.05) is 25.7 Å². The van der Waals surface area contributed by atoms with Gasteiger partial charge >= 0.3 is 6.03 Å². The molecule has 1 heterocycles. The smallest absolute Gasteiger partial charge is 0.325 e. The summed E-state index contributed by atoms with van der Waals surface area (Å²) in [5.41, 5.74) is 3.00. The number of anilines is 1. The number of hydrogen-bond acceptors (Lipinski definition) is 5. The van der Waals surface area contributed by atoms with Crippen molar-refractivity contribution in [2.24, 2.45) is 0 Å². The Morgan fingerprint density at radius 3 is 2.41 bits per heavy atom. The van der Waals surface area contributed by atoms with Crippen molar-refractivity contribution in [3.05, 3.63) is 53.6 Å². The maximum Gasteiger partial charge on any atom is 0.325 e. The number of likely N-dealkylation sites (N-methyl/N-ethyl adjacent to an activating group) is 1. The Hall–Kier alpha value is -3.06. The molecule has 1 aliphatic rings. The molecule has 2 aromatic carbocycles. The minimum Gasteiger partial charge on any atom is -0.454 e. The highest BCUT2D eigenvalue weighted by molar-refractivity contribution is 6.01. The van der Waals surface area contributed by atoms with E-state index in [-0.39, 0.29) is 24.7 Å². The SMILES string of the molecule is CN(CC(=O)NC(=O)Nc1ccc2c(c1)OCO2)Cc1ccc(C(C)(C)C)cc1. The first-order chi connectivity index (χ1) is 13.7. The maximum absolute atomic E-state index is 12.2. The Bertz CT molecular complexity index is 888. The minimum atomic E-state index is -0.586. The van der Waals surface area contributed by atoms with Gasteiger partial charge in [0, 0.05) is 18.3 Å². The molecule has 0 unspecified atom stereocenters. The molecule has 0 aromatic heterocycles. The van der Waals surface area contributed by atoms with E-state index in [1.165, 1.54) is 5.56 Å². The van der Waals surface area contributed by atoms with Crippen LogP contribution in [0.1, 0.15) is 31.9 Å². The Morgan fingerprint density at radius 2 is 1.72 bits per heavy atom. The second kappa shape index (κ2) is 8.53. The molecule has 2 aromatic rings. The van der Waals surface area contributed by atoms with Crippen molar-refractivity contribution >= 4 is 17.6 Å². The van der Waals surface area contributed by atoms with Gasteiger partial charge in [-0.3, -0.25) is 15.0 Å². The van der Waals surface area contributed by atoms with E-state index >= 15 is 0 Å². The number of imide groups is 1. The predicted molar refractivity (Wildman–Crippen MR) is 111 cm³/mol. The summed E-state index contributed by atoms with van der Waals surface area (Å²) in [7, 11) is 1.84. The predicted octanol–water partition coefficient (Wildman–Crippen LogP) is 3.49. The molecule has 7 heteroatoms. The van der Waals surface area contributed by atoms with E-state index in [9.17, 15) is 9.59 Å². The third kappa shape index (κ3) is 5.71. The summed E-state index contributed by atoms with van der Waals surface area (Å²) in [6, 6.07) is 12.8. The Balaban J connectivity index is 1.46. The zero-order valence-corrected chi connectivity index (χ0v) is 17.2. The molecule has 3 rings (SSSR count). The number of benzene rings is 2. The number of hydrogen-bond donors (Lipinski definition) is 2. The van der Waals surface area contributed by atoms with Crippen LogP contribution in [0.25, 0.3) is 0 Å². The number of urea groups is 1. The number of fused-ring (bicyclic) bond motifs is 1. The van der Waals surface area contributed by atoms with Crippen LogP contribution in [0.15, 0.2) is 42.5 Å². The van der Waals surface area contributed by atoms with E-state index in [0.29, 0.717) is 23.7 Å². The second-order valence-corrected chi connectivity index (χ2v) is 8.19. The Labute approximate surface area is 171 Å². The van der Waals surface area contributed by atoms with Gasteiger partial charge in [-0.05, 0) is 35.7 Å². The Kier molecular flexibility index (Phi) is 6.08. The van der Waals surface area contributed by atoms with E-state index in [2.05, 4.69) is 55.7 Å². The normalized spacial score (nSPS) is 12.7. The molecule has 0 radical (unpaired) electrons. The average molecular weight is 397 g/mol. The molecular formula is C22H27N3O4. The number of nitrogens with one attached hydrogen (secondary N) is 2. The largest absolute Gasteiger partial charge is 0.454 e. The fourth-order valence-electron chi connectivity index (χ4n) is 3.03. The van der Waals surface area contributed by atoms with Gasteiger partial charge < -0.3 is 14.8 Å². The summed E-state index contributed by atoms with van der Waals surface area (Å²) in [6.45, 7) is 7.40. The topological polar surface area (TPSA) is 79.9 Å². The van der Waals surface area contributed by atoms with Crippen LogP contribution in [-0.4, -0.2) is 37.2 Å². The van der Waals surface area contributed by atoms with E-state index < -0.39 is 6.03 Å². The van der Waals surface area contributed by atoms with Crippen molar-refractivity contribution < 1.29 is 19.1 Å². The van der Waals surface area contributed by atoms with Gasteiger partial charge in [0.05, 0.1) is 6.54 Å². The van der Waals surface area contributed by atoms with E-state index in [4.69, 9.17) is 9.47 Å². The molecule has 0 aliphatic carbocycles. The van der Waals surface area contributed by atoms with Crippen LogP contribution in [-0.2, 0) is 16.8 Å². The van der Waals surface area contributed by atoms with Crippen LogP contribution in [0.4, 0.5) is 10.5 Å². The molecule has 0 atom stereocenters. The molecule has 0 bridgehead atoms. The van der Waals surface area contributed by atoms with E-state index in [1.807, 2.05) is 11.9 Å². The first kappa shape index (κ1) is 20.7. The lowest BCUT2D eigenvalue weighted by Crippen LogP contribution is -2.40. The zero-order valence-electron chi connectivity index (χ0n) is 17.2. The second-order valence-electron chi connectivity index (χ2n) is 8.19. The van der Waals surface area contributed by atoms with Gasteiger partial charge in [-0.1, -0.05) is 45.0 Å². The zero-order chi connectivity index (χ0) is 21.0. The lowest BCUT2D eigenvalue weighted by Gasteiger charge is -2.20. The summed E-state index contributed by atoms with van der Waals surface area (Å²) < 4.78 is 10.5. The molecule has 7 nitrogen and oxygen atoms in total. The summed E-state index contributed by atoms with van der Waals surface area (Å²) in [6.07, 6.45) is 0. The first-order valence-corrected chi connectivity index (χ1v) is 9.49. The molecule has 1 aliphatic heterocycles. The van der Waals surface area contributed by atoms with Crippen LogP contribution >= 0.6 is 0 Å². The van der Waals surface area contributed by atoms with Crippen molar-refractivity contribution in [1.29, 1.82) is 0 Å². The fraction of sp³-hybridized carbons (Fsp3) is 0.364. The van der Waals surface area contributed by atoms with Gasteiger partial charge in [-0.2, -0.15) is 0 Å². The van der Waals surface area contributed by atoms with Crippen LogP contribution in [0.3, 0.4) is 0 Å². The number of carbonyl (C=O) groups excluding carboxylic acids is 2.